The van der Waals surface area contributed by atoms with Gasteiger partial charge in [0, 0.05) is 12.1 Å². The van der Waals surface area contributed by atoms with E-state index in [2.05, 4.69) is 5.73 Å². The van der Waals surface area contributed by atoms with Crippen molar-refractivity contribution in [3.05, 3.63) is 58.0 Å². The molecule has 0 N–H and O–H groups in total. The minimum Gasteiger partial charge on any atom is -0.422 e. The Morgan fingerprint density at radius 3 is 2.65 bits per heavy atom. The number of non-ortho nitro benzene ring substituents is 1. The van der Waals surface area contributed by atoms with Crippen LogP contribution in [0.1, 0.15) is 23.7 Å². The Labute approximate surface area is 98.2 Å². The summed E-state index contributed by atoms with van der Waals surface area (Å²) < 4.78 is 4.75. The highest BCUT2D eigenvalue weighted by Crippen LogP contribution is 2.12. The summed E-state index contributed by atoms with van der Waals surface area (Å²) in [4.78, 5) is 21.3. The fourth-order valence-corrected chi connectivity index (χ4v) is 1.04. The van der Waals surface area contributed by atoms with Gasteiger partial charge in [0.05, 0.1) is 10.5 Å². The second kappa shape index (κ2) is 6.25. The van der Waals surface area contributed by atoms with Crippen LogP contribution in [0.2, 0.25) is 0 Å². The number of nitrogens with zero attached hydrogens (tertiary/aromatic N) is 1. The van der Waals surface area contributed by atoms with E-state index in [1.165, 1.54) is 24.3 Å². The van der Waals surface area contributed by atoms with Gasteiger partial charge < -0.3 is 4.74 Å². The molecule has 0 saturated carbocycles. The van der Waals surface area contributed by atoms with Gasteiger partial charge in [-0.25, -0.2) is 4.79 Å². The quantitative estimate of drug-likeness (QED) is 0.263. The summed E-state index contributed by atoms with van der Waals surface area (Å²) in [5.74, 6) is -0.572. The van der Waals surface area contributed by atoms with Crippen molar-refractivity contribution in [1.29, 1.82) is 0 Å². The highest BCUT2D eigenvalue weighted by atomic mass is 16.6. The number of hydrogen-bond donors (Lipinski definition) is 0. The molecule has 5 heteroatoms. The van der Waals surface area contributed by atoms with E-state index in [9.17, 15) is 14.9 Å². The second-order valence-electron chi connectivity index (χ2n) is 3.11. The molecule has 88 valence electrons. The van der Waals surface area contributed by atoms with Gasteiger partial charge in [0.25, 0.3) is 5.69 Å². The Hall–Kier alpha value is -2.39. The molecule has 0 fully saturated rings. The first kappa shape index (κ1) is 12.7. The third-order valence-electron chi connectivity index (χ3n) is 1.87. The molecule has 1 aromatic rings. The van der Waals surface area contributed by atoms with E-state index >= 15 is 0 Å². The summed E-state index contributed by atoms with van der Waals surface area (Å²) in [5.41, 5.74) is 2.85. The van der Waals surface area contributed by atoms with Crippen molar-refractivity contribution < 1.29 is 14.5 Å². The molecule has 0 heterocycles. The Morgan fingerprint density at radius 1 is 1.47 bits per heavy atom. The Bertz CT molecular complexity index is 470. The minimum absolute atomic E-state index is 0.0667. The molecular weight excluding hydrogens is 222 g/mol. The first-order valence-electron chi connectivity index (χ1n) is 5.00. The lowest BCUT2D eigenvalue weighted by Gasteiger charge is -1.97. The molecule has 0 aromatic heterocycles. The normalized spacial score (nSPS) is 9.00. The molecule has 1 rings (SSSR count). The van der Waals surface area contributed by atoms with Crippen molar-refractivity contribution in [3.63, 3.8) is 0 Å². The maximum absolute atomic E-state index is 11.4. The molecule has 0 spiro atoms. The van der Waals surface area contributed by atoms with Crippen molar-refractivity contribution in [3.8, 4) is 0 Å². The van der Waals surface area contributed by atoms with E-state index < -0.39 is 10.9 Å². The number of nitro benzene ring substituents is 1. The molecule has 5 nitrogen and oxygen atoms in total. The van der Waals surface area contributed by atoms with Crippen LogP contribution in [0.3, 0.4) is 0 Å². The van der Waals surface area contributed by atoms with E-state index in [-0.39, 0.29) is 11.3 Å². The molecule has 0 aliphatic heterocycles. The van der Waals surface area contributed by atoms with Gasteiger partial charge in [-0.1, -0.05) is 12.7 Å². The minimum atomic E-state index is -0.572. The number of allylic oxidation sites excluding steroid dienone is 1. The van der Waals surface area contributed by atoms with Gasteiger partial charge in [-0.15, -0.1) is 0 Å². The third kappa shape index (κ3) is 3.93. The zero-order valence-electron chi connectivity index (χ0n) is 9.25. The highest BCUT2D eigenvalue weighted by Gasteiger charge is 2.09. The van der Waals surface area contributed by atoms with E-state index in [0.717, 1.165) is 12.7 Å². The largest absolute Gasteiger partial charge is 0.422 e. The molecule has 17 heavy (non-hydrogen) atoms. The molecule has 0 aliphatic carbocycles. The smallest absolute Gasteiger partial charge is 0.343 e. The lowest BCUT2D eigenvalue weighted by molar-refractivity contribution is -0.384. The Kier molecular flexibility index (Phi) is 4.66. The monoisotopic (exact) mass is 233 g/mol. The summed E-state index contributed by atoms with van der Waals surface area (Å²) >= 11 is 0. The molecule has 0 aliphatic rings. The number of carbonyl (C=O) groups excluding carboxylic acids is 1. The first-order valence-corrected chi connectivity index (χ1v) is 5.00. The van der Waals surface area contributed by atoms with Crippen molar-refractivity contribution in [2.45, 2.75) is 13.3 Å². The standard InChI is InChI=1S/C12H11NO4/c1-2-3-4-9-17-12(14)10-5-7-11(8-6-10)13(15)16/h3,5-9H,2H2,1H3. The van der Waals surface area contributed by atoms with E-state index in [0.29, 0.717) is 0 Å². The average Bonchev–Trinajstić information content (AvgIpc) is 2.34. The number of esters is 1. The molecule has 1 aromatic carbocycles. The topological polar surface area (TPSA) is 69.4 Å². The molecule has 0 atom stereocenters. The number of hydrogen-bond acceptors (Lipinski definition) is 4. The molecule has 0 unspecified atom stereocenters. The molecular formula is C12H11NO4. The summed E-state index contributed by atoms with van der Waals surface area (Å²) in [7, 11) is 0. The predicted molar refractivity (Wildman–Crippen MR) is 61.5 cm³/mol. The van der Waals surface area contributed by atoms with Crippen LogP contribution < -0.4 is 0 Å². The van der Waals surface area contributed by atoms with Crippen LogP contribution in [0.25, 0.3) is 0 Å². The van der Waals surface area contributed by atoms with Gasteiger partial charge in [0.2, 0.25) is 0 Å². The number of ether oxygens (including phenoxy) is 1. The van der Waals surface area contributed by atoms with Crippen LogP contribution in [0.15, 0.2) is 42.3 Å². The van der Waals surface area contributed by atoms with Crippen molar-refractivity contribution in [1.82, 2.24) is 0 Å². The SMILES string of the molecule is CCC=C=COC(=O)c1ccc([N+](=O)[O-])cc1. The molecule has 0 saturated heterocycles. The molecule has 0 amide bonds. The van der Waals surface area contributed by atoms with E-state index in [1.807, 2.05) is 6.92 Å². The second-order valence-corrected chi connectivity index (χ2v) is 3.11. The Balaban J connectivity index is 2.70. The van der Waals surface area contributed by atoms with Crippen LogP contribution in [0, 0.1) is 10.1 Å². The molecule has 0 radical (unpaired) electrons. The first-order chi connectivity index (χ1) is 8.15. The van der Waals surface area contributed by atoms with Crippen molar-refractivity contribution in [2.75, 3.05) is 0 Å². The number of nitro groups is 1. The predicted octanol–water partition coefficient (Wildman–Crippen LogP) is 2.83. The fraction of sp³-hybridized carbons (Fsp3) is 0.167. The third-order valence-corrected chi connectivity index (χ3v) is 1.87. The van der Waals surface area contributed by atoms with Gasteiger partial charge in [-0.2, -0.15) is 0 Å². The molecule has 0 bridgehead atoms. The van der Waals surface area contributed by atoms with Crippen molar-refractivity contribution in [2.24, 2.45) is 0 Å². The van der Waals surface area contributed by atoms with Crippen LogP contribution in [-0.4, -0.2) is 10.9 Å². The van der Waals surface area contributed by atoms with Crippen LogP contribution in [-0.2, 0) is 4.74 Å². The summed E-state index contributed by atoms with van der Waals surface area (Å²) in [6, 6.07) is 5.19. The lowest BCUT2D eigenvalue weighted by atomic mass is 10.2. The van der Waals surface area contributed by atoms with Gasteiger partial charge in [-0.3, -0.25) is 10.1 Å². The van der Waals surface area contributed by atoms with Crippen LogP contribution in [0.4, 0.5) is 5.69 Å². The number of rotatable bonds is 4. The average molecular weight is 233 g/mol. The van der Waals surface area contributed by atoms with E-state index in [4.69, 9.17) is 4.74 Å². The van der Waals surface area contributed by atoms with Crippen LogP contribution in [0.5, 0.6) is 0 Å². The summed E-state index contributed by atoms with van der Waals surface area (Å²) in [6.07, 6.45) is 3.67. The number of carbonyl (C=O) groups is 1. The summed E-state index contributed by atoms with van der Waals surface area (Å²) in [5, 5.41) is 10.4. The van der Waals surface area contributed by atoms with Gasteiger partial charge >= 0.3 is 5.97 Å². The zero-order chi connectivity index (χ0) is 12.7. The fourth-order valence-electron chi connectivity index (χ4n) is 1.04. The lowest BCUT2D eigenvalue weighted by Crippen LogP contribution is -2.00. The van der Waals surface area contributed by atoms with Gasteiger partial charge in [0.15, 0.2) is 0 Å². The maximum atomic E-state index is 11.4. The van der Waals surface area contributed by atoms with Crippen LogP contribution >= 0.6 is 0 Å². The highest BCUT2D eigenvalue weighted by molar-refractivity contribution is 5.89. The van der Waals surface area contributed by atoms with Crippen molar-refractivity contribution >= 4 is 11.7 Å². The Morgan fingerprint density at radius 2 is 2.12 bits per heavy atom. The van der Waals surface area contributed by atoms with Gasteiger partial charge in [-0.05, 0) is 24.6 Å². The van der Waals surface area contributed by atoms with E-state index in [1.54, 1.807) is 6.08 Å². The number of benzene rings is 1. The maximum Gasteiger partial charge on any atom is 0.343 e. The summed E-state index contributed by atoms with van der Waals surface area (Å²) in [6.45, 7) is 1.93. The zero-order valence-corrected chi connectivity index (χ0v) is 9.25. The van der Waals surface area contributed by atoms with Gasteiger partial charge in [0.1, 0.15) is 6.26 Å².